The third-order valence-corrected chi connectivity index (χ3v) is 5.21. The molecule has 0 aliphatic carbocycles. The van der Waals surface area contributed by atoms with Crippen LogP contribution >= 0.6 is 0 Å². The summed E-state index contributed by atoms with van der Waals surface area (Å²) in [7, 11) is 0. The third kappa shape index (κ3) is 3.37. The molecule has 0 radical (unpaired) electrons. The molecule has 30 heavy (non-hydrogen) atoms. The lowest BCUT2D eigenvalue weighted by molar-refractivity contribution is 0.482. The molecule has 2 heteroatoms. The molecule has 0 spiro atoms. The predicted octanol–water partition coefficient (Wildman–Crippen LogP) is 8.22. The summed E-state index contributed by atoms with van der Waals surface area (Å²) in [6, 6.07) is 32.7. The van der Waals surface area contributed by atoms with Crippen molar-refractivity contribution in [3.63, 3.8) is 0 Å². The first kappa shape index (κ1) is 18.3. The van der Waals surface area contributed by atoms with Gasteiger partial charge in [-0.15, -0.1) is 0 Å². The first-order valence-corrected chi connectivity index (χ1v) is 10.3. The summed E-state index contributed by atoms with van der Waals surface area (Å²) in [4.78, 5) is 0. The van der Waals surface area contributed by atoms with Crippen molar-refractivity contribution in [1.29, 1.82) is 0 Å². The summed E-state index contributed by atoms with van der Waals surface area (Å²) in [5.74, 6) is 1.57. The first-order chi connectivity index (χ1) is 14.8. The highest BCUT2D eigenvalue weighted by Gasteiger charge is 2.17. The van der Waals surface area contributed by atoms with Gasteiger partial charge in [0.2, 0.25) is 0 Å². The SMILES string of the molecule is CC/C=C(\c1ccccc1)c1cc(Oc2ccccc2)cc2oc3ccccc3c12. The van der Waals surface area contributed by atoms with Gasteiger partial charge in [-0.3, -0.25) is 0 Å². The van der Waals surface area contributed by atoms with E-state index in [1.807, 2.05) is 54.6 Å². The predicted molar refractivity (Wildman–Crippen MR) is 124 cm³/mol. The molecule has 1 heterocycles. The van der Waals surface area contributed by atoms with E-state index >= 15 is 0 Å². The summed E-state index contributed by atoms with van der Waals surface area (Å²) in [5.41, 5.74) is 5.21. The summed E-state index contributed by atoms with van der Waals surface area (Å²) in [6.07, 6.45) is 3.21. The van der Waals surface area contributed by atoms with Crippen LogP contribution in [0.4, 0.5) is 0 Å². The highest BCUT2D eigenvalue weighted by atomic mass is 16.5. The molecular formula is C28H22O2. The van der Waals surface area contributed by atoms with E-state index in [1.54, 1.807) is 0 Å². The van der Waals surface area contributed by atoms with Crippen LogP contribution < -0.4 is 4.74 Å². The maximum Gasteiger partial charge on any atom is 0.139 e. The molecule has 0 saturated heterocycles. The number of furan rings is 1. The second-order valence-corrected chi connectivity index (χ2v) is 7.25. The Morgan fingerprint density at radius 3 is 2.23 bits per heavy atom. The van der Waals surface area contributed by atoms with Gasteiger partial charge in [0.15, 0.2) is 0 Å². The third-order valence-electron chi connectivity index (χ3n) is 5.21. The van der Waals surface area contributed by atoms with Gasteiger partial charge in [0.1, 0.15) is 22.7 Å². The first-order valence-electron chi connectivity index (χ1n) is 10.3. The van der Waals surface area contributed by atoms with Gasteiger partial charge < -0.3 is 9.15 Å². The Balaban J connectivity index is 1.78. The minimum atomic E-state index is 0.765. The Kier molecular flexibility index (Phi) is 4.82. The molecule has 2 nitrogen and oxygen atoms in total. The normalized spacial score (nSPS) is 11.8. The van der Waals surface area contributed by atoms with Gasteiger partial charge in [0, 0.05) is 16.8 Å². The van der Waals surface area contributed by atoms with Crippen molar-refractivity contribution in [2.75, 3.05) is 0 Å². The zero-order chi connectivity index (χ0) is 20.3. The lowest BCUT2D eigenvalue weighted by atomic mass is 9.93. The molecular weight excluding hydrogens is 368 g/mol. The van der Waals surface area contributed by atoms with Gasteiger partial charge in [-0.05, 0) is 47.4 Å². The van der Waals surface area contributed by atoms with E-state index in [1.165, 1.54) is 11.1 Å². The van der Waals surface area contributed by atoms with Crippen molar-refractivity contribution in [3.05, 3.63) is 114 Å². The van der Waals surface area contributed by atoms with E-state index in [9.17, 15) is 0 Å². The van der Waals surface area contributed by atoms with Gasteiger partial charge in [-0.1, -0.05) is 79.7 Å². The second kappa shape index (κ2) is 7.92. The minimum Gasteiger partial charge on any atom is -0.457 e. The van der Waals surface area contributed by atoms with Crippen molar-refractivity contribution in [3.8, 4) is 11.5 Å². The van der Waals surface area contributed by atoms with Gasteiger partial charge >= 0.3 is 0 Å². The van der Waals surface area contributed by atoms with Crippen LogP contribution in [0.5, 0.6) is 11.5 Å². The van der Waals surface area contributed by atoms with Crippen molar-refractivity contribution < 1.29 is 9.15 Å². The highest BCUT2D eigenvalue weighted by molar-refractivity contribution is 6.12. The molecule has 0 aliphatic rings. The molecule has 1 aromatic heterocycles. The molecule has 0 unspecified atom stereocenters. The number of rotatable bonds is 5. The van der Waals surface area contributed by atoms with Crippen LogP contribution in [-0.4, -0.2) is 0 Å². The fraction of sp³-hybridized carbons (Fsp3) is 0.0714. The molecule has 4 aromatic carbocycles. The Morgan fingerprint density at radius 1 is 0.767 bits per heavy atom. The zero-order valence-electron chi connectivity index (χ0n) is 16.8. The van der Waals surface area contributed by atoms with Gasteiger partial charge in [-0.25, -0.2) is 0 Å². The van der Waals surface area contributed by atoms with Crippen LogP contribution in [0.1, 0.15) is 24.5 Å². The van der Waals surface area contributed by atoms with Crippen molar-refractivity contribution in [2.45, 2.75) is 13.3 Å². The van der Waals surface area contributed by atoms with Gasteiger partial charge in [0.25, 0.3) is 0 Å². The van der Waals surface area contributed by atoms with Crippen LogP contribution in [0.25, 0.3) is 27.5 Å². The lowest BCUT2D eigenvalue weighted by Gasteiger charge is -2.13. The summed E-state index contributed by atoms with van der Waals surface area (Å²) >= 11 is 0. The fourth-order valence-electron chi connectivity index (χ4n) is 3.93. The molecule has 5 aromatic rings. The molecule has 5 rings (SSSR count). The number of para-hydroxylation sites is 2. The van der Waals surface area contributed by atoms with Gasteiger partial charge in [-0.2, -0.15) is 0 Å². The Bertz CT molecular complexity index is 1330. The highest BCUT2D eigenvalue weighted by Crippen LogP contribution is 2.40. The van der Waals surface area contributed by atoms with E-state index in [2.05, 4.69) is 55.5 Å². The van der Waals surface area contributed by atoms with Crippen LogP contribution in [0.3, 0.4) is 0 Å². The Morgan fingerprint density at radius 2 is 1.47 bits per heavy atom. The van der Waals surface area contributed by atoms with Crippen LogP contribution in [-0.2, 0) is 0 Å². The number of ether oxygens (including phenoxy) is 1. The van der Waals surface area contributed by atoms with Crippen molar-refractivity contribution in [1.82, 2.24) is 0 Å². The van der Waals surface area contributed by atoms with E-state index < -0.39 is 0 Å². The Labute approximate surface area is 176 Å². The number of allylic oxidation sites excluding steroid dienone is 1. The molecule has 0 aliphatic heterocycles. The standard InChI is InChI=1S/C28H22O2/c1-2-11-23(20-12-5-3-6-13-20)25-18-22(29-21-14-7-4-8-15-21)19-27-28(25)24-16-9-10-17-26(24)30-27/h3-19H,2H2,1H3/b23-11+. The summed E-state index contributed by atoms with van der Waals surface area (Å²) in [6.45, 7) is 2.16. The maximum absolute atomic E-state index is 6.23. The minimum absolute atomic E-state index is 0.765. The van der Waals surface area contributed by atoms with Crippen LogP contribution in [0.2, 0.25) is 0 Å². The van der Waals surface area contributed by atoms with Crippen molar-refractivity contribution >= 4 is 27.5 Å². The lowest BCUT2D eigenvalue weighted by Crippen LogP contribution is -1.92. The van der Waals surface area contributed by atoms with E-state index in [0.717, 1.165) is 45.4 Å². The molecule has 0 amide bonds. The number of hydrogen-bond donors (Lipinski definition) is 0. The largest absolute Gasteiger partial charge is 0.457 e. The molecule has 146 valence electrons. The van der Waals surface area contributed by atoms with E-state index in [0.29, 0.717) is 0 Å². The molecule has 0 bridgehead atoms. The molecule has 0 fully saturated rings. The number of benzene rings is 4. The average Bonchev–Trinajstić information content (AvgIpc) is 3.17. The quantitative estimate of drug-likeness (QED) is 0.302. The van der Waals surface area contributed by atoms with Crippen LogP contribution in [0, 0.1) is 0 Å². The van der Waals surface area contributed by atoms with E-state index in [4.69, 9.17) is 9.15 Å². The van der Waals surface area contributed by atoms with E-state index in [-0.39, 0.29) is 0 Å². The fourth-order valence-corrected chi connectivity index (χ4v) is 3.93. The topological polar surface area (TPSA) is 22.4 Å². The molecule has 0 saturated carbocycles. The maximum atomic E-state index is 6.23. The Hall–Kier alpha value is -3.78. The smallest absolute Gasteiger partial charge is 0.139 e. The summed E-state index contributed by atoms with van der Waals surface area (Å²) < 4.78 is 12.4. The molecule has 0 N–H and O–H groups in total. The number of fused-ring (bicyclic) bond motifs is 3. The van der Waals surface area contributed by atoms with Crippen LogP contribution in [0.15, 0.2) is 108 Å². The number of hydrogen-bond acceptors (Lipinski definition) is 2. The monoisotopic (exact) mass is 390 g/mol. The van der Waals surface area contributed by atoms with Crippen molar-refractivity contribution in [2.24, 2.45) is 0 Å². The molecule has 0 atom stereocenters. The zero-order valence-corrected chi connectivity index (χ0v) is 16.8. The average molecular weight is 390 g/mol. The summed E-state index contributed by atoms with van der Waals surface area (Å²) in [5, 5.41) is 2.24. The second-order valence-electron chi connectivity index (χ2n) is 7.25. The van der Waals surface area contributed by atoms with Gasteiger partial charge in [0.05, 0.1) is 0 Å².